The Balaban J connectivity index is 2.27. The third-order valence-corrected chi connectivity index (χ3v) is 4.38. The molecule has 3 rings (SSSR count). The number of methoxy groups -OCH3 is 2. The number of ether oxygens (including phenoxy) is 2. The van der Waals surface area contributed by atoms with E-state index in [0.29, 0.717) is 28.3 Å². The average molecular weight is 367 g/mol. The zero-order chi connectivity index (χ0) is 19.4. The second-order valence-corrected chi connectivity index (χ2v) is 5.99. The molecular formula is C20H21N3O4. The Morgan fingerprint density at radius 1 is 1.19 bits per heavy atom. The molecule has 27 heavy (non-hydrogen) atoms. The van der Waals surface area contributed by atoms with E-state index < -0.39 is 18.1 Å². The highest BCUT2D eigenvalue weighted by molar-refractivity contribution is 6.12. The molecule has 0 saturated heterocycles. The average Bonchev–Trinajstić information content (AvgIpc) is 2.82. The Morgan fingerprint density at radius 3 is 2.52 bits per heavy atom. The van der Waals surface area contributed by atoms with Crippen molar-refractivity contribution in [2.75, 3.05) is 19.5 Å². The molecule has 2 heterocycles. The topological polar surface area (TPSA) is 93.0 Å². The van der Waals surface area contributed by atoms with Gasteiger partial charge in [0.25, 0.3) is 0 Å². The van der Waals surface area contributed by atoms with Crippen molar-refractivity contribution in [3.05, 3.63) is 65.6 Å². The Labute approximate surface area is 157 Å². The minimum Gasteiger partial charge on any atom is -0.494 e. The number of hydrogen-bond donors (Lipinski definition) is 2. The molecule has 2 aromatic rings. The number of pyridine rings is 1. The number of nitrogens with one attached hydrogen (secondary N) is 1. The van der Waals surface area contributed by atoms with E-state index in [2.05, 4.69) is 15.3 Å². The van der Waals surface area contributed by atoms with Crippen LogP contribution in [0.5, 0.6) is 0 Å². The van der Waals surface area contributed by atoms with E-state index in [9.17, 15) is 9.90 Å². The molecule has 0 spiro atoms. The Hall–Kier alpha value is -3.19. The first-order chi connectivity index (χ1) is 13.1. The van der Waals surface area contributed by atoms with Gasteiger partial charge >= 0.3 is 5.97 Å². The van der Waals surface area contributed by atoms with E-state index in [1.54, 1.807) is 50.9 Å². The van der Waals surface area contributed by atoms with Crippen molar-refractivity contribution in [3.8, 4) is 0 Å². The van der Waals surface area contributed by atoms with Crippen molar-refractivity contribution in [2.45, 2.75) is 19.1 Å². The smallest absolute Gasteiger partial charge is 0.333 e. The Bertz CT molecular complexity index is 893. The van der Waals surface area contributed by atoms with Gasteiger partial charge in [-0.25, -0.2) is 4.79 Å². The summed E-state index contributed by atoms with van der Waals surface area (Å²) < 4.78 is 11.2. The van der Waals surface area contributed by atoms with Crippen molar-refractivity contribution in [3.63, 3.8) is 0 Å². The van der Waals surface area contributed by atoms with Gasteiger partial charge in [-0.2, -0.15) is 0 Å². The summed E-state index contributed by atoms with van der Waals surface area (Å²) in [7, 11) is 3.11. The monoisotopic (exact) mass is 367 g/mol. The molecule has 0 amide bonds. The summed E-state index contributed by atoms with van der Waals surface area (Å²) in [5.41, 5.74) is 3.04. The van der Waals surface area contributed by atoms with Gasteiger partial charge in [0.05, 0.1) is 18.9 Å². The second-order valence-electron chi connectivity index (χ2n) is 5.99. The molecule has 7 nitrogen and oxygen atoms in total. The van der Waals surface area contributed by atoms with Crippen molar-refractivity contribution < 1.29 is 19.4 Å². The van der Waals surface area contributed by atoms with Crippen molar-refractivity contribution in [2.24, 2.45) is 4.99 Å². The number of anilines is 1. The first-order valence-corrected chi connectivity index (χ1v) is 8.45. The number of fused-ring (bicyclic) bond motifs is 1. The van der Waals surface area contributed by atoms with Gasteiger partial charge in [-0.15, -0.1) is 0 Å². The number of aliphatic carboxylic acids is 1. The molecule has 0 saturated carbocycles. The predicted molar refractivity (Wildman–Crippen MR) is 103 cm³/mol. The molecular weight excluding hydrogens is 346 g/mol. The van der Waals surface area contributed by atoms with Crippen LogP contribution in [0.1, 0.15) is 24.1 Å². The number of carboxylic acids is 1. The lowest BCUT2D eigenvalue weighted by Crippen LogP contribution is -2.27. The molecule has 2 atom stereocenters. The van der Waals surface area contributed by atoms with Crippen LogP contribution in [0.25, 0.3) is 5.76 Å². The van der Waals surface area contributed by atoms with E-state index in [-0.39, 0.29) is 0 Å². The fraction of sp³-hybridized carbons (Fsp3) is 0.250. The van der Waals surface area contributed by atoms with Gasteiger partial charge < -0.3 is 19.9 Å². The molecule has 0 radical (unpaired) electrons. The molecule has 0 aliphatic carbocycles. The molecule has 1 aromatic heterocycles. The number of carbonyl (C=O) groups is 1. The maximum absolute atomic E-state index is 12.0. The Kier molecular flexibility index (Phi) is 5.52. The normalized spacial score (nSPS) is 17.4. The van der Waals surface area contributed by atoms with Crippen LogP contribution in [0.3, 0.4) is 0 Å². The molecule has 1 aromatic carbocycles. The second kappa shape index (κ2) is 8.01. The van der Waals surface area contributed by atoms with E-state index in [4.69, 9.17) is 9.47 Å². The van der Waals surface area contributed by atoms with Gasteiger partial charge in [0, 0.05) is 30.8 Å². The lowest BCUT2D eigenvalue weighted by molar-refractivity contribution is -0.138. The lowest BCUT2D eigenvalue weighted by atomic mass is 9.99. The summed E-state index contributed by atoms with van der Waals surface area (Å²) in [6, 6.07) is 9.76. The van der Waals surface area contributed by atoms with Crippen LogP contribution >= 0.6 is 0 Å². The SMILES string of the molecule is COC1=C(Nc2ccncc2)C([C@@H](C)OC)=N[C@@H](C(=O)O)c2ccccc21. The van der Waals surface area contributed by atoms with Crippen LogP contribution in [-0.4, -0.2) is 42.1 Å². The van der Waals surface area contributed by atoms with Crippen LogP contribution in [-0.2, 0) is 14.3 Å². The molecule has 0 unspecified atom stereocenters. The third-order valence-electron chi connectivity index (χ3n) is 4.38. The molecule has 1 aliphatic heterocycles. The lowest BCUT2D eigenvalue weighted by Gasteiger charge is -2.20. The van der Waals surface area contributed by atoms with Crippen molar-refractivity contribution in [1.29, 1.82) is 0 Å². The maximum atomic E-state index is 12.0. The molecule has 0 bridgehead atoms. The highest BCUT2D eigenvalue weighted by Gasteiger charge is 2.32. The first-order valence-electron chi connectivity index (χ1n) is 8.45. The number of benzene rings is 1. The third kappa shape index (κ3) is 3.68. The fourth-order valence-electron chi connectivity index (χ4n) is 2.99. The van der Waals surface area contributed by atoms with Gasteiger partial charge in [0.1, 0.15) is 5.70 Å². The number of nitrogens with zero attached hydrogens (tertiary/aromatic N) is 2. The Morgan fingerprint density at radius 2 is 1.89 bits per heavy atom. The summed E-state index contributed by atoms with van der Waals surface area (Å²) in [6.45, 7) is 1.81. The highest BCUT2D eigenvalue weighted by Crippen LogP contribution is 2.35. The van der Waals surface area contributed by atoms with Gasteiger partial charge in [0.15, 0.2) is 11.8 Å². The molecule has 7 heteroatoms. The summed E-state index contributed by atoms with van der Waals surface area (Å²) >= 11 is 0. The minimum absolute atomic E-state index is 0.448. The number of carboxylic acid groups (broad SMARTS) is 1. The van der Waals surface area contributed by atoms with E-state index in [0.717, 1.165) is 5.69 Å². The summed E-state index contributed by atoms with van der Waals surface area (Å²) in [5, 5.41) is 13.1. The molecule has 1 aliphatic rings. The first kappa shape index (κ1) is 18.6. The minimum atomic E-state index is -1.06. The molecule has 140 valence electrons. The molecule has 0 fully saturated rings. The molecule has 2 N–H and O–H groups in total. The van der Waals surface area contributed by atoms with Crippen LogP contribution in [0, 0.1) is 0 Å². The summed E-state index contributed by atoms with van der Waals surface area (Å²) in [6.07, 6.45) is 2.88. The number of rotatable bonds is 6. The standard InChI is InChI=1S/C20H21N3O4/c1-12(26-2)16-18(22-13-8-10-21-11-9-13)19(27-3)15-7-5-4-6-14(15)17(23-16)20(24)25/h4-12,17H,1-3H3,(H,21,22)(H,24,25)/t12-,17-/m1/s1. The quantitative estimate of drug-likeness (QED) is 0.815. The zero-order valence-electron chi connectivity index (χ0n) is 15.3. The van der Waals surface area contributed by atoms with Crippen LogP contribution in [0.4, 0.5) is 5.69 Å². The predicted octanol–water partition coefficient (Wildman–Crippen LogP) is 3.12. The van der Waals surface area contributed by atoms with Gasteiger partial charge in [-0.1, -0.05) is 24.3 Å². The van der Waals surface area contributed by atoms with Crippen molar-refractivity contribution >= 4 is 23.1 Å². The zero-order valence-corrected chi connectivity index (χ0v) is 15.3. The number of aliphatic imine (C=N–C) groups is 1. The van der Waals surface area contributed by atoms with Gasteiger partial charge in [-0.05, 0) is 24.6 Å². The fourth-order valence-corrected chi connectivity index (χ4v) is 2.99. The van der Waals surface area contributed by atoms with E-state index in [1.165, 1.54) is 0 Å². The van der Waals surface area contributed by atoms with E-state index >= 15 is 0 Å². The van der Waals surface area contributed by atoms with Gasteiger partial charge in [0.2, 0.25) is 0 Å². The van der Waals surface area contributed by atoms with E-state index in [1.807, 2.05) is 19.1 Å². The largest absolute Gasteiger partial charge is 0.494 e. The van der Waals surface area contributed by atoms with Crippen LogP contribution in [0.2, 0.25) is 0 Å². The number of aromatic nitrogens is 1. The summed E-state index contributed by atoms with van der Waals surface area (Å²) in [4.78, 5) is 20.5. The van der Waals surface area contributed by atoms with Gasteiger partial charge in [-0.3, -0.25) is 9.98 Å². The number of hydrogen-bond acceptors (Lipinski definition) is 6. The van der Waals surface area contributed by atoms with Crippen molar-refractivity contribution in [1.82, 2.24) is 4.98 Å². The highest BCUT2D eigenvalue weighted by atomic mass is 16.5. The van der Waals surface area contributed by atoms with Crippen LogP contribution < -0.4 is 5.32 Å². The van der Waals surface area contributed by atoms with Crippen LogP contribution in [0.15, 0.2) is 59.5 Å². The maximum Gasteiger partial charge on any atom is 0.333 e. The summed E-state index contributed by atoms with van der Waals surface area (Å²) in [5.74, 6) is -0.530.